The van der Waals surface area contributed by atoms with Crippen molar-refractivity contribution in [3.8, 4) is 0 Å². The molecule has 1 aromatic heterocycles. The lowest BCUT2D eigenvalue weighted by atomic mass is 10.2. The second-order valence-electron chi connectivity index (χ2n) is 6.19. The van der Waals surface area contributed by atoms with Crippen LogP contribution in [0.3, 0.4) is 0 Å². The second kappa shape index (κ2) is 7.18. The summed E-state index contributed by atoms with van der Waals surface area (Å²) in [6.07, 6.45) is 5.16. The summed E-state index contributed by atoms with van der Waals surface area (Å²) in [4.78, 5) is 5.04. The van der Waals surface area contributed by atoms with E-state index in [-0.39, 0.29) is 0 Å². The number of hydrogen-bond acceptors (Lipinski definition) is 5. The molecule has 0 saturated carbocycles. The Kier molecular flexibility index (Phi) is 5.04. The highest BCUT2D eigenvalue weighted by molar-refractivity contribution is 5.39. The van der Waals surface area contributed by atoms with Crippen LogP contribution in [0.2, 0.25) is 0 Å². The normalized spacial score (nSPS) is 23.1. The molecule has 0 bridgehead atoms. The first kappa shape index (κ1) is 14.7. The van der Waals surface area contributed by atoms with Crippen molar-refractivity contribution in [3.63, 3.8) is 0 Å². The quantitative estimate of drug-likeness (QED) is 0.807. The SMILES string of the molecule is CCCNCc1ccc(N2CCC(N3CCCC3)C2)nn1. The van der Waals surface area contributed by atoms with Gasteiger partial charge in [-0.2, -0.15) is 5.10 Å². The Labute approximate surface area is 127 Å². The van der Waals surface area contributed by atoms with E-state index in [0.717, 1.165) is 50.2 Å². The number of hydrogen-bond donors (Lipinski definition) is 1. The summed E-state index contributed by atoms with van der Waals surface area (Å²) in [6, 6.07) is 4.96. The lowest BCUT2D eigenvalue weighted by Gasteiger charge is -2.23. The van der Waals surface area contributed by atoms with Crippen LogP contribution in [0, 0.1) is 0 Å². The van der Waals surface area contributed by atoms with Crippen LogP contribution in [-0.2, 0) is 6.54 Å². The van der Waals surface area contributed by atoms with Gasteiger partial charge < -0.3 is 10.2 Å². The average Bonchev–Trinajstić information content (AvgIpc) is 3.19. The van der Waals surface area contributed by atoms with Gasteiger partial charge in [-0.25, -0.2) is 0 Å². The van der Waals surface area contributed by atoms with Crippen molar-refractivity contribution in [3.05, 3.63) is 17.8 Å². The maximum Gasteiger partial charge on any atom is 0.151 e. The van der Waals surface area contributed by atoms with Crippen molar-refractivity contribution in [1.29, 1.82) is 0 Å². The van der Waals surface area contributed by atoms with E-state index in [1.807, 2.05) is 0 Å². The molecule has 1 N–H and O–H groups in total. The van der Waals surface area contributed by atoms with Crippen molar-refractivity contribution >= 4 is 5.82 Å². The zero-order valence-electron chi connectivity index (χ0n) is 13.1. The van der Waals surface area contributed by atoms with Gasteiger partial charge in [0.05, 0.1) is 5.69 Å². The molecule has 2 fully saturated rings. The van der Waals surface area contributed by atoms with Gasteiger partial charge in [0.1, 0.15) is 0 Å². The van der Waals surface area contributed by atoms with Crippen LogP contribution >= 0.6 is 0 Å². The van der Waals surface area contributed by atoms with Crippen LogP contribution in [0.1, 0.15) is 38.3 Å². The van der Waals surface area contributed by atoms with Gasteiger partial charge >= 0.3 is 0 Å². The molecule has 0 radical (unpaired) electrons. The Morgan fingerprint density at radius 2 is 2.05 bits per heavy atom. The fourth-order valence-corrected chi connectivity index (χ4v) is 3.36. The summed E-state index contributed by atoms with van der Waals surface area (Å²) in [5.74, 6) is 1.04. The van der Waals surface area contributed by atoms with Gasteiger partial charge in [0.2, 0.25) is 0 Å². The smallest absolute Gasteiger partial charge is 0.151 e. The molecule has 0 spiro atoms. The molecular weight excluding hydrogens is 262 g/mol. The van der Waals surface area contributed by atoms with Gasteiger partial charge in [0, 0.05) is 25.7 Å². The highest BCUT2D eigenvalue weighted by Crippen LogP contribution is 2.23. The predicted molar refractivity (Wildman–Crippen MR) is 85.5 cm³/mol. The molecule has 5 heteroatoms. The first-order valence-electron chi connectivity index (χ1n) is 8.39. The first-order chi connectivity index (χ1) is 10.4. The number of nitrogens with one attached hydrogen (secondary N) is 1. The molecule has 1 unspecified atom stereocenters. The number of anilines is 1. The van der Waals surface area contributed by atoms with Crippen LogP contribution in [0.5, 0.6) is 0 Å². The molecule has 5 nitrogen and oxygen atoms in total. The van der Waals surface area contributed by atoms with E-state index in [1.165, 1.54) is 32.4 Å². The van der Waals surface area contributed by atoms with Gasteiger partial charge in [-0.1, -0.05) is 6.92 Å². The number of rotatable bonds is 6. The maximum atomic E-state index is 4.42. The van der Waals surface area contributed by atoms with E-state index < -0.39 is 0 Å². The van der Waals surface area contributed by atoms with Gasteiger partial charge in [-0.3, -0.25) is 4.90 Å². The third-order valence-electron chi connectivity index (χ3n) is 4.58. The molecule has 1 aromatic rings. The summed E-state index contributed by atoms with van der Waals surface area (Å²) in [7, 11) is 0. The minimum absolute atomic E-state index is 0.722. The Morgan fingerprint density at radius 3 is 2.76 bits per heavy atom. The van der Waals surface area contributed by atoms with Crippen LogP contribution in [0.15, 0.2) is 12.1 Å². The molecule has 0 amide bonds. The summed E-state index contributed by atoms with van der Waals surface area (Å²) >= 11 is 0. The number of nitrogens with zero attached hydrogens (tertiary/aromatic N) is 4. The van der Waals surface area contributed by atoms with E-state index in [2.05, 4.69) is 44.4 Å². The molecule has 1 atom stereocenters. The minimum atomic E-state index is 0.722. The molecule has 2 saturated heterocycles. The third kappa shape index (κ3) is 3.71. The molecule has 2 aliphatic rings. The fourth-order valence-electron chi connectivity index (χ4n) is 3.36. The van der Waals surface area contributed by atoms with Crippen molar-refractivity contribution in [2.24, 2.45) is 0 Å². The Morgan fingerprint density at radius 1 is 1.19 bits per heavy atom. The average molecular weight is 289 g/mol. The maximum absolute atomic E-state index is 4.42. The van der Waals surface area contributed by atoms with Crippen LogP contribution in [0.25, 0.3) is 0 Å². The predicted octanol–water partition coefficient (Wildman–Crippen LogP) is 1.65. The highest BCUT2D eigenvalue weighted by atomic mass is 15.3. The Hall–Kier alpha value is -1.20. The standard InChI is InChI=1S/C16H27N5/c1-2-8-17-12-14-5-6-16(19-18-14)21-11-7-15(13-21)20-9-3-4-10-20/h5-6,15,17H,2-4,7-13H2,1H3. The van der Waals surface area contributed by atoms with Gasteiger partial charge in [0.25, 0.3) is 0 Å². The van der Waals surface area contributed by atoms with E-state index >= 15 is 0 Å². The van der Waals surface area contributed by atoms with Crippen molar-refractivity contribution in [2.75, 3.05) is 37.6 Å². The molecule has 3 heterocycles. The van der Waals surface area contributed by atoms with Crippen molar-refractivity contribution in [2.45, 2.75) is 45.2 Å². The lowest BCUT2D eigenvalue weighted by Crippen LogP contribution is -2.35. The highest BCUT2D eigenvalue weighted by Gasteiger charge is 2.29. The summed E-state index contributed by atoms with van der Waals surface area (Å²) < 4.78 is 0. The molecule has 116 valence electrons. The van der Waals surface area contributed by atoms with E-state index in [4.69, 9.17) is 0 Å². The van der Waals surface area contributed by atoms with Crippen LogP contribution < -0.4 is 10.2 Å². The third-order valence-corrected chi connectivity index (χ3v) is 4.58. The molecule has 0 aliphatic carbocycles. The molecular formula is C16H27N5. The molecule has 21 heavy (non-hydrogen) atoms. The minimum Gasteiger partial charge on any atom is -0.354 e. The van der Waals surface area contributed by atoms with Gasteiger partial charge in [-0.05, 0) is 57.5 Å². The Balaban J connectivity index is 1.52. The summed E-state index contributed by atoms with van der Waals surface area (Å²) in [5.41, 5.74) is 1.03. The molecule has 0 aromatic carbocycles. The molecule has 3 rings (SSSR count). The largest absolute Gasteiger partial charge is 0.354 e. The van der Waals surface area contributed by atoms with Crippen LogP contribution in [-0.4, -0.2) is 53.9 Å². The Bertz CT molecular complexity index is 427. The van der Waals surface area contributed by atoms with E-state index in [9.17, 15) is 0 Å². The molecule has 2 aliphatic heterocycles. The monoisotopic (exact) mass is 289 g/mol. The van der Waals surface area contributed by atoms with Crippen molar-refractivity contribution < 1.29 is 0 Å². The van der Waals surface area contributed by atoms with Gasteiger partial charge in [-0.15, -0.1) is 5.10 Å². The second-order valence-corrected chi connectivity index (χ2v) is 6.19. The van der Waals surface area contributed by atoms with Crippen molar-refractivity contribution in [1.82, 2.24) is 20.4 Å². The summed E-state index contributed by atoms with van der Waals surface area (Å²) in [5, 5.41) is 12.1. The van der Waals surface area contributed by atoms with Gasteiger partial charge in [0.15, 0.2) is 5.82 Å². The van der Waals surface area contributed by atoms with Crippen LogP contribution in [0.4, 0.5) is 5.82 Å². The topological polar surface area (TPSA) is 44.3 Å². The van der Waals surface area contributed by atoms with E-state index in [1.54, 1.807) is 0 Å². The lowest BCUT2D eigenvalue weighted by molar-refractivity contribution is 0.260. The zero-order chi connectivity index (χ0) is 14.5. The number of likely N-dealkylation sites (tertiary alicyclic amines) is 1. The van der Waals surface area contributed by atoms with E-state index in [0.29, 0.717) is 0 Å². The first-order valence-corrected chi connectivity index (χ1v) is 8.39. The zero-order valence-corrected chi connectivity index (χ0v) is 13.1. The fraction of sp³-hybridized carbons (Fsp3) is 0.750. The summed E-state index contributed by atoms with van der Waals surface area (Å²) in [6.45, 7) is 8.82. The number of aromatic nitrogens is 2.